The number of benzene rings is 1. The van der Waals surface area contributed by atoms with Gasteiger partial charge in [-0.2, -0.15) is 17.0 Å². The summed E-state index contributed by atoms with van der Waals surface area (Å²) in [5, 5.41) is 13.0. The highest BCUT2D eigenvalue weighted by Gasteiger charge is 2.00. The molecule has 0 atom stereocenters. The topological polar surface area (TPSA) is 64.0 Å². The number of aliphatic imine (C=N–C) groups is 1. The number of hydrogen-bond acceptors (Lipinski definition) is 4. The zero-order valence-corrected chi connectivity index (χ0v) is 12.9. The molecule has 1 aromatic carbocycles. The Balaban J connectivity index is 1.77. The molecule has 0 spiro atoms. The predicted octanol–water partition coefficient (Wildman–Crippen LogP) is 3.19. The molecule has 104 valence electrons. The lowest BCUT2D eigenvalue weighted by Gasteiger charge is -2.00. The molecular weight excluding hydrogens is 288 g/mol. The molecule has 0 bridgehead atoms. The van der Waals surface area contributed by atoms with Gasteiger partial charge in [0.1, 0.15) is 0 Å². The van der Waals surface area contributed by atoms with E-state index in [0.29, 0.717) is 5.17 Å². The summed E-state index contributed by atoms with van der Waals surface area (Å²) in [6.45, 7) is 0.718. The highest BCUT2D eigenvalue weighted by atomic mass is 32.2. The Morgan fingerprint density at radius 3 is 3.05 bits per heavy atom. The van der Waals surface area contributed by atoms with Crippen LogP contribution in [-0.4, -0.2) is 28.7 Å². The van der Waals surface area contributed by atoms with Crippen LogP contribution in [0.1, 0.15) is 5.69 Å². The molecule has 1 aromatic heterocycles. The number of H-pyrrole nitrogens is 1. The second kappa shape index (κ2) is 7.88. The van der Waals surface area contributed by atoms with Gasteiger partial charge in [0, 0.05) is 22.7 Å². The second-order valence-electron chi connectivity index (χ2n) is 4.06. The van der Waals surface area contributed by atoms with Crippen LogP contribution in [0.5, 0.6) is 0 Å². The Morgan fingerprint density at radius 2 is 2.30 bits per heavy atom. The molecule has 4 nitrogen and oxygen atoms in total. The average Bonchev–Trinajstić information content (AvgIpc) is 2.88. The van der Waals surface area contributed by atoms with Crippen molar-refractivity contribution in [2.75, 3.05) is 18.6 Å². The minimum Gasteiger partial charge on any atom is -0.358 e. The highest BCUT2D eigenvalue weighted by molar-refractivity contribution is 8.13. The van der Waals surface area contributed by atoms with E-state index >= 15 is 0 Å². The Hall–Kier alpha value is -1.58. The van der Waals surface area contributed by atoms with Gasteiger partial charge in [0.15, 0.2) is 11.4 Å². The molecule has 0 aliphatic heterocycles. The number of fused-ring (bicyclic) bond motifs is 1. The Morgan fingerprint density at radius 1 is 1.45 bits per heavy atom. The van der Waals surface area contributed by atoms with E-state index in [9.17, 15) is 0 Å². The number of rotatable bonds is 5. The van der Waals surface area contributed by atoms with Crippen molar-refractivity contribution in [1.82, 2.24) is 10.3 Å². The maximum absolute atomic E-state index is 8.52. The molecule has 6 heteroatoms. The highest BCUT2D eigenvalue weighted by Crippen LogP contribution is 2.18. The van der Waals surface area contributed by atoms with Gasteiger partial charge in [0.25, 0.3) is 0 Å². The quantitative estimate of drug-likeness (QED) is 0.293. The summed E-state index contributed by atoms with van der Waals surface area (Å²) in [5.74, 6) is 1.89. The zero-order valence-electron chi connectivity index (χ0n) is 11.2. The van der Waals surface area contributed by atoms with E-state index in [4.69, 9.17) is 5.26 Å². The van der Waals surface area contributed by atoms with Crippen LogP contribution in [0.3, 0.4) is 0 Å². The molecule has 2 N–H and O–H groups in total. The molecule has 0 unspecified atom stereocenters. The van der Waals surface area contributed by atoms with Crippen molar-refractivity contribution in [2.45, 2.75) is 5.75 Å². The monoisotopic (exact) mass is 304 g/mol. The van der Waals surface area contributed by atoms with Gasteiger partial charge in [-0.3, -0.25) is 10.3 Å². The average molecular weight is 304 g/mol. The van der Waals surface area contributed by atoms with Crippen molar-refractivity contribution >= 4 is 39.6 Å². The maximum atomic E-state index is 8.52. The maximum Gasteiger partial charge on any atom is 0.183 e. The zero-order chi connectivity index (χ0) is 14.2. The lowest BCUT2D eigenvalue weighted by atomic mass is 10.2. The summed E-state index contributed by atoms with van der Waals surface area (Å²) in [6, 6.07) is 10.5. The van der Waals surface area contributed by atoms with Crippen molar-refractivity contribution in [3.05, 3.63) is 36.0 Å². The Bertz CT molecular complexity index is 594. The van der Waals surface area contributed by atoms with E-state index in [1.54, 1.807) is 0 Å². The first-order valence-electron chi connectivity index (χ1n) is 6.21. The van der Waals surface area contributed by atoms with E-state index in [-0.39, 0.29) is 0 Å². The lowest BCUT2D eigenvalue weighted by Crippen LogP contribution is -2.13. The van der Waals surface area contributed by atoms with Gasteiger partial charge in [0.2, 0.25) is 0 Å². The molecule has 0 saturated heterocycles. The number of aromatic nitrogens is 1. The number of thioether (sulfide) groups is 2. The van der Waals surface area contributed by atoms with Crippen LogP contribution in [0.25, 0.3) is 10.9 Å². The Labute approximate surface area is 127 Å². The first-order chi connectivity index (χ1) is 9.83. The fourth-order valence-electron chi connectivity index (χ4n) is 1.81. The molecule has 0 aliphatic rings. The molecule has 1 heterocycles. The van der Waals surface area contributed by atoms with Gasteiger partial charge in [0.05, 0.1) is 6.54 Å². The van der Waals surface area contributed by atoms with Crippen molar-refractivity contribution in [3.63, 3.8) is 0 Å². The van der Waals surface area contributed by atoms with Gasteiger partial charge in [-0.25, -0.2) is 0 Å². The molecule has 0 amide bonds. The van der Waals surface area contributed by atoms with Crippen molar-refractivity contribution in [2.24, 2.45) is 4.99 Å². The summed E-state index contributed by atoms with van der Waals surface area (Å²) in [4.78, 5) is 7.73. The molecule has 20 heavy (non-hydrogen) atoms. The molecular formula is C14H16N4S2. The first kappa shape index (κ1) is 14.8. The summed E-state index contributed by atoms with van der Waals surface area (Å²) < 4.78 is 0. The predicted molar refractivity (Wildman–Crippen MR) is 89.0 cm³/mol. The third-order valence-electron chi connectivity index (χ3n) is 2.69. The summed E-state index contributed by atoms with van der Waals surface area (Å²) in [7, 11) is 0. The number of nitrogens with one attached hydrogen (secondary N) is 2. The van der Waals surface area contributed by atoms with Crippen LogP contribution >= 0.6 is 23.5 Å². The van der Waals surface area contributed by atoms with Crippen LogP contribution in [0.2, 0.25) is 0 Å². The third-order valence-corrected chi connectivity index (χ3v) is 4.29. The van der Waals surface area contributed by atoms with Crippen LogP contribution in [-0.2, 0) is 5.75 Å². The Kier molecular flexibility index (Phi) is 5.84. The number of amidine groups is 1. The van der Waals surface area contributed by atoms with Gasteiger partial charge in [-0.15, -0.1) is 0 Å². The fraction of sp³-hybridized carbons (Fsp3) is 0.286. The van der Waals surface area contributed by atoms with Crippen LogP contribution in [0.15, 0.2) is 35.3 Å². The number of aromatic amines is 1. The van der Waals surface area contributed by atoms with Crippen LogP contribution < -0.4 is 5.32 Å². The smallest absolute Gasteiger partial charge is 0.183 e. The molecule has 2 rings (SSSR count). The van der Waals surface area contributed by atoms with Crippen LogP contribution in [0, 0.1) is 11.5 Å². The minimum atomic E-state index is 0.679. The molecule has 0 radical (unpaired) electrons. The van der Waals surface area contributed by atoms with E-state index in [0.717, 1.165) is 18.1 Å². The SMILES string of the molecule is CSC(=NCCSCc1cc2ccccc2[nH]1)NC#N. The normalized spacial score (nSPS) is 11.5. The molecule has 0 saturated carbocycles. The van der Waals surface area contributed by atoms with Gasteiger partial charge >= 0.3 is 0 Å². The minimum absolute atomic E-state index is 0.679. The van der Waals surface area contributed by atoms with Crippen LogP contribution in [0.4, 0.5) is 0 Å². The van der Waals surface area contributed by atoms with E-state index in [1.807, 2.05) is 36.3 Å². The molecule has 0 aliphatic carbocycles. The number of para-hydroxylation sites is 1. The van der Waals surface area contributed by atoms with Crippen molar-refractivity contribution in [1.29, 1.82) is 5.26 Å². The summed E-state index contributed by atoms with van der Waals surface area (Å²) in [6.07, 6.45) is 3.79. The second-order valence-corrected chi connectivity index (χ2v) is 5.96. The first-order valence-corrected chi connectivity index (χ1v) is 8.59. The fourth-order valence-corrected chi connectivity index (χ4v) is 2.92. The largest absolute Gasteiger partial charge is 0.358 e. The molecule has 2 aromatic rings. The van der Waals surface area contributed by atoms with E-state index in [1.165, 1.54) is 28.4 Å². The van der Waals surface area contributed by atoms with Crippen molar-refractivity contribution in [3.8, 4) is 6.19 Å². The standard InChI is InChI=1S/C14H16N4S2/c1-19-14(17-10-15)16-6-7-20-9-12-8-11-4-2-3-5-13(11)18-12/h2-5,8,18H,6-7,9H2,1H3,(H,16,17). The summed E-state index contributed by atoms with van der Waals surface area (Å²) in [5.41, 5.74) is 2.42. The van der Waals surface area contributed by atoms with E-state index < -0.39 is 0 Å². The van der Waals surface area contributed by atoms with Crippen molar-refractivity contribution < 1.29 is 0 Å². The van der Waals surface area contributed by atoms with Gasteiger partial charge < -0.3 is 4.98 Å². The number of hydrogen-bond donors (Lipinski definition) is 2. The summed E-state index contributed by atoms with van der Waals surface area (Å²) >= 11 is 3.29. The number of nitriles is 1. The third kappa shape index (κ3) is 4.22. The van der Waals surface area contributed by atoms with Gasteiger partial charge in [-0.1, -0.05) is 30.0 Å². The molecule has 0 fully saturated rings. The number of nitrogens with zero attached hydrogens (tertiary/aromatic N) is 2. The lowest BCUT2D eigenvalue weighted by molar-refractivity contribution is 1.12. The van der Waals surface area contributed by atoms with E-state index in [2.05, 4.69) is 33.5 Å². The van der Waals surface area contributed by atoms with Gasteiger partial charge in [-0.05, 0) is 23.8 Å².